The largest absolute Gasteiger partial charge is 0.472 e. The van der Waals surface area contributed by atoms with E-state index >= 15 is 0 Å². The monoisotopic (exact) mass is 834 g/mol. The van der Waals surface area contributed by atoms with Gasteiger partial charge in [0.05, 0.1) is 31.3 Å². The van der Waals surface area contributed by atoms with Crippen LogP contribution in [-0.4, -0.2) is 108 Å². The lowest BCUT2D eigenvalue weighted by Gasteiger charge is -2.41. The Hall–Kier alpha value is -1.48. The van der Waals surface area contributed by atoms with Gasteiger partial charge in [-0.05, 0) is 44.9 Å². The molecule has 1 fully saturated rings. The second-order valence-corrected chi connectivity index (χ2v) is 17.1. The molecule has 8 atom stereocenters. The van der Waals surface area contributed by atoms with E-state index in [-0.39, 0.29) is 6.42 Å². The average molecular weight is 834 g/mol. The summed E-state index contributed by atoms with van der Waals surface area (Å²) in [5.74, 6) is -0.609. The maximum absolute atomic E-state index is 12.9. The molecule has 0 aromatic rings. The quantitative estimate of drug-likeness (QED) is 0.0187. The molecule has 1 aliphatic carbocycles. The minimum Gasteiger partial charge on any atom is -0.393 e. The van der Waals surface area contributed by atoms with Crippen LogP contribution in [0.3, 0.4) is 0 Å². The summed E-state index contributed by atoms with van der Waals surface area (Å²) in [6.07, 6.45) is 22.4. The zero-order valence-electron chi connectivity index (χ0n) is 35.0. The Morgan fingerprint density at radius 1 is 0.614 bits per heavy atom. The lowest BCUT2D eigenvalue weighted by atomic mass is 9.85. The number of allylic oxidation sites excluding steroid dienone is 5. The minimum atomic E-state index is -5.15. The van der Waals surface area contributed by atoms with E-state index in [1.807, 2.05) is 0 Å². The van der Waals surface area contributed by atoms with Gasteiger partial charge in [0.2, 0.25) is 5.91 Å². The second kappa shape index (κ2) is 33.3. The van der Waals surface area contributed by atoms with E-state index in [4.69, 9.17) is 9.05 Å². The van der Waals surface area contributed by atoms with Crippen molar-refractivity contribution in [2.75, 3.05) is 6.61 Å². The van der Waals surface area contributed by atoms with E-state index in [1.54, 1.807) is 6.08 Å². The van der Waals surface area contributed by atoms with E-state index in [0.29, 0.717) is 19.3 Å². The highest BCUT2D eigenvalue weighted by atomic mass is 31.2. The topological polar surface area (TPSA) is 226 Å². The summed E-state index contributed by atoms with van der Waals surface area (Å²) in [6, 6.07) is -1.26. The number of carbonyl (C=O) groups excluding carboxylic acids is 1. The van der Waals surface area contributed by atoms with Gasteiger partial charge < -0.3 is 46.0 Å². The molecule has 14 heteroatoms. The highest BCUT2D eigenvalue weighted by Gasteiger charge is 2.51. The lowest BCUT2D eigenvalue weighted by molar-refractivity contribution is -0.220. The first-order valence-corrected chi connectivity index (χ1v) is 23.5. The number of phosphoric ester groups is 1. The zero-order chi connectivity index (χ0) is 42.3. The van der Waals surface area contributed by atoms with Gasteiger partial charge in [0.25, 0.3) is 0 Å². The molecule has 1 saturated carbocycles. The van der Waals surface area contributed by atoms with E-state index < -0.39 is 75.2 Å². The van der Waals surface area contributed by atoms with Crippen LogP contribution in [0.25, 0.3) is 0 Å². The standard InChI is InChI=1S/C43H80NO12P/c1-3-5-7-9-11-13-15-16-17-18-19-21-23-25-27-29-31-36(46)35(33-55-57(53,54)56-43-41(51)39(49)38(48)40(50)42(43)52)44-37(47)32-34(45)30-28-26-24-22-20-14-12-10-8-6-4-2/h16-17,21,23,29,31,34-36,38-43,45-46,48-52H,3-15,18-20,22,24-28,30,32-33H2,1-2H3,(H,44,47)(H,53,54)/b17-16+,23-21+,31-29+. The third-order valence-electron chi connectivity index (χ3n) is 10.5. The van der Waals surface area contributed by atoms with Crippen molar-refractivity contribution in [3.05, 3.63) is 36.5 Å². The number of amides is 1. The summed E-state index contributed by atoms with van der Waals surface area (Å²) in [5, 5.41) is 74.2. The maximum Gasteiger partial charge on any atom is 0.472 e. The van der Waals surface area contributed by atoms with Crippen LogP contribution in [0.4, 0.5) is 0 Å². The number of unbranched alkanes of at least 4 members (excludes halogenated alkanes) is 18. The predicted octanol–water partition coefficient (Wildman–Crippen LogP) is 6.58. The van der Waals surface area contributed by atoms with E-state index in [2.05, 4.69) is 43.5 Å². The number of carbonyl (C=O) groups is 1. The van der Waals surface area contributed by atoms with Crippen molar-refractivity contribution in [1.29, 1.82) is 0 Å². The Morgan fingerprint density at radius 2 is 1.04 bits per heavy atom. The molecule has 57 heavy (non-hydrogen) atoms. The summed E-state index contributed by atoms with van der Waals surface area (Å²) in [6.45, 7) is 3.68. The molecule has 1 rings (SSSR count). The first-order chi connectivity index (χ1) is 27.3. The minimum absolute atomic E-state index is 0.254. The molecule has 0 aromatic carbocycles. The van der Waals surface area contributed by atoms with Gasteiger partial charge in [-0.2, -0.15) is 0 Å². The molecule has 13 nitrogen and oxygen atoms in total. The third kappa shape index (κ3) is 25.7. The Balaban J connectivity index is 2.64. The van der Waals surface area contributed by atoms with Gasteiger partial charge >= 0.3 is 7.82 Å². The van der Waals surface area contributed by atoms with Crippen LogP contribution in [0, 0.1) is 0 Å². The lowest BCUT2D eigenvalue weighted by Crippen LogP contribution is -2.64. The van der Waals surface area contributed by atoms with Crippen molar-refractivity contribution in [3.8, 4) is 0 Å². The van der Waals surface area contributed by atoms with E-state index in [0.717, 1.165) is 44.9 Å². The molecule has 334 valence electrons. The molecule has 8 unspecified atom stereocenters. The van der Waals surface area contributed by atoms with Gasteiger partial charge in [-0.15, -0.1) is 0 Å². The van der Waals surface area contributed by atoms with Crippen molar-refractivity contribution in [1.82, 2.24) is 5.32 Å². The molecule has 0 bridgehead atoms. The van der Waals surface area contributed by atoms with Crippen molar-refractivity contribution >= 4 is 13.7 Å². The number of aliphatic hydroxyl groups is 7. The van der Waals surface area contributed by atoms with Gasteiger partial charge in [0.15, 0.2) is 0 Å². The molecule has 0 aromatic heterocycles. The number of nitrogens with one attached hydrogen (secondary N) is 1. The number of hydrogen-bond acceptors (Lipinski definition) is 11. The predicted molar refractivity (Wildman–Crippen MR) is 224 cm³/mol. The van der Waals surface area contributed by atoms with Gasteiger partial charge in [0.1, 0.15) is 36.6 Å². The molecular weight excluding hydrogens is 753 g/mol. The molecule has 1 amide bonds. The van der Waals surface area contributed by atoms with Crippen molar-refractivity contribution < 1.29 is 59.0 Å². The Kier molecular flexibility index (Phi) is 31.2. The van der Waals surface area contributed by atoms with Gasteiger partial charge in [-0.3, -0.25) is 13.8 Å². The normalized spacial score (nSPS) is 24.3. The molecule has 0 radical (unpaired) electrons. The second-order valence-electron chi connectivity index (χ2n) is 15.7. The van der Waals surface area contributed by atoms with Crippen LogP contribution in [0.5, 0.6) is 0 Å². The summed E-state index contributed by atoms with van der Waals surface area (Å²) in [7, 11) is -5.15. The Morgan fingerprint density at radius 3 is 1.54 bits per heavy atom. The number of phosphoric acid groups is 1. The molecule has 1 aliphatic rings. The molecule has 0 saturated heterocycles. The first-order valence-electron chi connectivity index (χ1n) is 22.0. The number of hydrogen-bond donors (Lipinski definition) is 9. The van der Waals surface area contributed by atoms with Crippen molar-refractivity contribution in [3.63, 3.8) is 0 Å². The summed E-state index contributed by atoms with van der Waals surface area (Å²) >= 11 is 0. The van der Waals surface area contributed by atoms with Gasteiger partial charge in [0, 0.05) is 0 Å². The Labute approximate surface area is 343 Å². The van der Waals surface area contributed by atoms with Gasteiger partial charge in [-0.1, -0.05) is 153 Å². The molecule has 0 heterocycles. The van der Waals surface area contributed by atoms with Crippen molar-refractivity contribution in [2.45, 2.75) is 223 Å². The molecule has 0 aliphatic heterocycles. The highest BCUT2D eigenvalue weighted by Crippen LogP contribution is 2.47. The van der Waals surface area contributed by atoms with Crippen LogP contribution in [0.1, 0.15) is 168 Å². The fourth-order valence-corrected chi connectivity index (χ4v) is 7.77. The SMILES string of the molecule is CCCCCCCC/C=C/CC/C=C/CC/C=C/C(O)C(COP(=O)(O)OC1C(O)C(O)C(O)C(O)C1O)NC(=O)CC(O)CCCCCCCCCCCCC. The highest BCUT2D eigenvalue weighted by molar-refractivity contribution is 7.47. The van der Waals surface area contributed by atoms with Crippen LogP contribution in [0.15, 0.2) is 36.5 Å². The van der Waals surface area contributed by atoms with E-state index in [1.165, 1.54) is 89.5 Å². The summed E-state index contributed by atoms with van der Waals surface area (Å²) in [4.78, 5) is 23.3. The molecular formula is C43H80NO12P. The van der Waals surface area contributed by atoms with Crippen LogP contribution >= 0.6 is 7.82 Å². The van der Waals surface area contributed by atoms with Gasteiger partial charge in [-0.25, -0.2) is 4.57 Å². The fraction of sp³-hybridized carbons (Fsp3) is 0.837. The van der Waals surface area contributed by atoms with Crippen LogP contribution in [-0.2, 0) is 18.4 Å². The number of aliphatic hydroxyl groups excluding tert-OH is 7. The maximum atomic E-state index is 12.9. The third-order valence-corrected chi connectivity index (χ3v) is 11.4. The zero-order valence-corrected chi connectivity index (χ0v) is 35.9. The Bertz CT molecular complexity index is 1120. The van der Waals surface area contributed by atoms with Crippen molar-refractivity contribution in [2.24, 2.45) is 0 Å². The van der Waals surface area contributed by atoms with Crippen LogP contribution in [0.2, 0.25) is 0 Å². The molecule has 0 spiro atoms. The first kappa shape index (κ1) is 53.5. The van der Waals surface area contributed by atoms with E-state index in [9.17, 15) is 50.0 Å². The smallest absolute Gasteiger partial charge is 0.393 e. The summed E-state index contributed by atoms with van der Waals surface area (Å²) < 4.78 is 22.8. The average Bonchev–Trinajstić information content (AvgIpc) is 3.18. The summed E-state index contributed by atoms with van der Waals surface area (Å²) in [5.41, 5.74) is 0. The number of rotatable bonds is 35. The van der Waals surface area contributed by atoms with Crippen LogP contribution < -0.4 is 5.32 Å². The fourth-order valence-electron chi connectivity index (χ4n) is 6.80. The molecule has 9 N–H and O–H groups in total.